The van der Waals surface area contributed by atoms with E-state index in [1.807, 2.05) is 5.32 Å². The predicted octanol–water partition coefficient (Wildman–Crippen LogP) is 4.34. The van der Waals surface area contributed by atoms with Crippen LogP contribution in [0.3, 0.4) is 0 Å². The van der Waals surface area contributed by atoms with Crippen LogP contribution in [0.2, 0.25) is 5.02 Å². The van der Waals surface area contributed by atoms with Gasteiger partial charge in [0.05, 0.1) is 10.6 Å². The van der Waals surface area contributed by atoms with Gasteiger partial charge in [-0.2, -0.15) is 0 Å². The molecule has 0 saturated heterocycles. The molecule has 5 nitrogen and oxygen atoms in total. The Labute approximate surface area is 143 Å². The number of carbonyl (C=O) groups is 2. The standard InChI is InChI=1S/C15H9ClF4N2O3/c16-12-6-1-8(17)7-11(12)13(23)22-14(24)21-9-2-4-10(5-3-9)25-15(18,19)20/h1-7H,(H2,21,22,23,24). The van der Waals surface area contributed by atoms with Crippen LogP contribution < -0.4 is 15.4 Å². The largest absolute Gasteiger partial charge is 0.573 e. The number of nitrogens with one attached hydrogen (secondary N) is 2. The Kier molecular flexibility index (Phi) is 5.48. The zero-order valence-electron chi connectivity index (χ0n) is 12.2. The third-order valence-electron chi connectivity index (χ3n) is 2.75. The molecular weight excluding hydrogens is 368 g/mol. The van der Waals surface area contributed by atoms with Gasteiger partial charge in [0.1, 0.15) is 11.6 Å². The molecule has 0 aliphatic carbocycles. The highest BCUT2D eigenvalue weighted by Gasteiger charge is 2.30. The number of rotatable bonds is 3. The molecule has 0 heterocycles. The second kappa shape index (κ2) is 7.39. The van der Waals surface area contributed by atoms with Gasteiger partial charge in [0, 0.05) is 5.69 Å². The van der Waals surface area contributed by atoms with Crippen molar-refractivity contribution in [3.8, 4) is 5.75 Å². The van der Waals surface area contributed by atoms with E-state index >= 15 is 0 Å². The van der Waals surface area contributed by atoms with E-state index in [9.17, 15) is 27.2 Å². The Morgan fingerprint density at radius 1 is 1.04 bits per heavy atom. The summed E-state index contributed by atoms with van der Waals surface area (Å²) >= 11 is 5.74. The first-order valence-corrected chi connectivity index (χ1v) is 6.95. The molecular formula is C15H9ClF4N2O3. The number of imide groups is 1. The highest BCUT2D eigenvalue weighted by molar-refractivity contribution is 6.34. The average molecular weight is 377 g/mol. The molecule has 0 saturated carbocycles. The zero-order chi connectivity index (χ0) is 18.6. The Hall–Kier alpha value is -2.81. The third-order valence-corrected chi connectivity index (χ3v) is 3.08. The van der Waals surface area contributed by atoms with Gasteiger partial charge in [0.2, 0.25) is 0 Å². The Morgan fingerprint density at radius 2 is 1.68 bits per heavy atom. The van der Waals surface area contributed by atoms with E-state index in [1.54, 1.807) is 0 Å². The van der Waals surface area contributed by atoms with E-state index in [-0.39, 0.29) is 16.3 Å². The van der Waals surface area contributed by atoms with Crippen molar-refractivity contribution in [3.63, 3.8) is 0 Å². The second-order valence-electron chi connectivity index (χ2n) is 4.60. The first-order chi connectivity index (χ1) is 11.6. The van der Waals surface area contributed by atoms with Crippen molar-refractivity contribution in [1.82, 2.24) is 5.32 Å². The van der Waals surface area contributed by atoms with Crippen LogP contribution in [0.25, 0.3) is 0 Å². The quantitative estimate of drug-likeness (QED) is 0.783. The molecule has 132 valence electrons. The van der Waals surface area contributed by atoms with Gasteiger partial charge in [-0.25, -0.2) is 9.18 Å². The van der Waals surface area contributed by atoms with Crippen LogP contribution in [0, 0.1) is 5.82 Å². The lowest BCUT2D eigenvalue weighted by molar-refractivity contribution is -0.274. The molecule has 2 N–H and O–H groups in total. The number of carbonyl (C=O) groups excluding carboxylic acids is 2. The molecule has 0 atom stereocenters. The number of hydrogen-bond acceptors (Lipinski definition) is 3. The van der Waals surface area contributed by atoms with Gasteiger partial charge in [-0.3, -0.25) is 10.1 Å². The molecule has 2 rings (SSSR count). The van der Waals surface area contributed by atoms with Gasteiger partial charge in [0.25, 0.3) is 5.91 Å². The summed E-state index contributed by atoms with van der Waals surface area (Å²) in [5.74, 6) is -2.13. The van der Waals surface area contributed by atoms with Crippen LogP contribution in [0.5, 0.6) is 5.75 Å². The molecule has 0 bridgehead atoms. The number of urea groups is 1. The summed E-state index contributed by atoms with van der Waals surface area (Å²) in [5.41, 5.74) is -0.143. The number of ether oxygens (including phenoxy) is 1. The number of halogens is 5. The fraction of sp³-hybridized carbons (Fsp3) is 0.0667. The molecule has 0 fully saturated rings. The lowest BCUT2D eigenvalue weighted by Gasteiger charge is -2.10. The van der Waals surface area contributed by atoms with E-state index < -0.39 is 29.9 Å². The summed E-state index contributed by atoms with van der Waals surface area (Å²) in [4.78, 5) is 23.6. The molecule has 10 heteroatoms. The number of benzene rings is 2. The summed E-state index contributed by atoms with van der Waals surface area (Å²) < 4.78 is 52.9. The fourth-order valence-corrected chi connectivity index (χ4v) is 1.95. The van der Waals surface area contributed by atoms with Gasteiger partial charge < -0.3 is 10.1 Å². The van der Waals surface area contributed by atoms with Gasteiger partial charge in [-0.1, -0.05) is 11.6 Å². The Balaban J connectivity index is 1.98. The van der Waals surface area contributed by atoms with Crippen LogP contribution in [-0.2, 0) is 0 Å². The van der Waals surface area contributed by atoms with Crippen LogP contribution in [-0.4, -0.2) is 18.3 Å². The van der Waals surface area contributed by atoms with Gasteiger partial charge in [0.15, 0.2) is 0 Å². The number of alkyl halides is 3. The van der Waals surface area contributed by atoms with Crippen LogP contribution in [0.15, 0.2) is 42.5 Å². The molecule has 2 aromatic rings. The van der Waals surface area contributed by atoms with Crippen LogP contribution >= 0.6 is 11.6 Å². The van der Waals surface area contributed by atoms with E-state index in [4.69, 9.17) is 11.6 Å². The Bertz CT molecular complexity index is 794. The van der Waals surface area contributed by atoms with Crippen molar-refractivity contribution in [1.29, 1.82) is 0 Å². The summed E-state index contributed by atoms with van der Waals surface area (Å²) in [5, 5.41) is 4.08. The van der Waals surface area contributed by atoms with Gasteiger partial charge in [-0.05, 0) is 42.5 Å². The fourth-order valence-electron chi connectivity index (χ4n) is 1.74. The zero-order valence-corrected chi connectivity index (χ0v) is 12.9. The van der Waals surface area contributed by atoms with Crippen molar-refractivity contribution < 1.29 is 31.9 Å². The summed E-state index contributed by atoms with van der Waals surface area (Å²) in [6, 6.07) is 6.32. The predicted molar refractivity (Wildman–Crippen MR) is 81.0 cm³/mol. The van der Waals surface area contributed by atoms with Gasteiger partial charge >= 0.3 is 12.4 Å². The van der Waals surface area contributed by atoms with E-state index in [2.05, 4.69) is 10.1 Å². The molecule has 2 aromatic carbocycles. The minimum atomic E-state index is -4.83. The number of amides is 3. The van der Waals surface area contributed by atoms with Crippen molar-refractivity contribution in [2.24, 2.45) is 0 Å². The molecule has 0 aliphatic heterocycles. The van der Waals surface area contributed by atoms with Crippen LogP contribution in [0.4, 0.5) is 28.0 Å². The summed E-state index contributed by atoms with van der Waals surface area (Å²) in [6.45, 7) is 0. The monoisotopic (exact) mass is 376 g/mol. The van der Waals surface area contributed by atoms with E-state index in [1.165, 1.54) is 0 Å². The Morgan fingerprint density at radius 3 is 2.28 bits per heavy atom. The third kappa shape index (κ3) is 5.64. The summed E-state index contributed by atoms with van der Waals surface area (Å²) in [6.07, 6.45) is -4.83. The molecule has 0 unspecified atom stereocenters. The molecule has 0 spiro atoms. The summed E-state index contributed by atoms with van der Waals surface area (Å²) in [7, 11) is 0. The van der Waals surface area contributed by atoms with Gasteiger partial charge in [-0.15, -0.1) is 13.2 Å². The van der Waals surface area contributed by atoms with E-state index in [0.29, 0.717) is 0 Å². The molecule has 0 aliphatic rings. The van der Waals surface area contributed by atoms with Crippen molar-refractivity contribution in [2.75, 3.05) is 5.32 Å². The molecule has 3 amide bonds. The number of hydrogen-bond donors (Lipinski definition) is 2. The van der Waals surface area contributed by atoms with Crippen molar-refractivity contribution in [3.05, 3.63) is 58.9 Å². The average Bonchev–Trinajstić information content (AvgIpc) is 2.50. The highest BCUT2D eigenvalue weighted by Crippen LogP contribution is 2.24. The second-order valence-corrected chi connectivity index (χ2v) is 5.01. The topological polar surface area (TPSA) is 67.4 Å². The smallest absolute Gasteiger partial charge is 0.406 e. The SMILES string of the molecule is O=C(NC(=O)c1cc(F)ccc1Cl)Nc1ccc(OC(F)(F)F)cc1. The van der Waals surface area contributed by atoms with Crippen molar-refractivity contribution in [2.45, 2.75) is 6.36 Å². The molecule has 0 radical (unpaired) electrons. The van der Waals surface area contributed by atoms with Crippen LogP contribution in [0.1, 0.15) is 10.4 Å². The normalized spacial score (nSPS) is 10.9. The minimum absolute atomic E-state index is 0.0552. The maximum atomic E-state index is 13.1. The first-order valence-electron chi connectivity index (χ1n) is 6.57. The first kappa shape index (κ1) is 18.5. The lowest BCUT2D eigenvalue weighted by Crippen LogP contribution is -2.34. The molecule has 0 aromatic heterocycles. The lowest BCUT2D eigenvalue weighted by atomic mass is 10.2. The molecule has 25 heavy (non-hydrogen) atoms. The maximum Gasteiger partial charge on any atom is 0.573 e. The minimum Gasteiger partial charge on any atom is -0.406 e. The highest BCUT2D eigenvalue weighted by atomic mass is 35.5. The maximum absolute atomic E-state index is 13.1. The van der Waals surface area contributed by atoms with E-state index in [0.717, 1.165) is 42.5 Å². The van der Waals surface area contributed by atoms with Crippen molar-refractivity contribution >= 4 is 29.2 Å². The number of anilines is 1.